The Bertz CT molecular complexity index is 824. The zero-order chi connectivity index (χ0) is 14.2. The number of hydrogen-bond donors (Lipinski definition) is 2. The summed E-state index contributed by atoms with van der Waals surface area (Å²) in [4.78, 5) is 4.57. The summed E-state index contributed by atoms with van der Waals surface area (Å²) in [6.07, 6.45) is 2.85. The number of benzene rings is 2. The van der Waals surface area contributed by atoms with Crippen LogP contribution in [0.15, 0.2) is 48.7 Å². The summed E-state index contributed by atoms with van der Waals surface area (Å²) in [5.74, 6) is 0. The summed E-state index contributed by atoms with van der Waals surface area (Å²) < 4.78 is 0. The molecular formula is C18H17N3. The molecule has 21 heavy (non-hydrogen) atoms. The van der Waals surface area contributed by atoms with Gasteiger partial charge in [-0.15, -0.1) is 0 Å². The molecule has 0 saturated heterocycles. The molecule has 104 valence electrons. The summed E-state index contributed by atoms with van der Waals surface area (Å²) in [6.45, 7) is 1.98. The molecule has 0 atom stereocenters. The first-order valence-corrected chi connectivity index (χ1v) is 7.29. The van der Waals surface area contributed by atoms with Gasteiger partial charge in [0.05, 0.1) is 5.52 Å². The highest BCUT2D eigenvalue weighted by Crippen LogP contribution is 2.34. The molecule has 4 rings (SSSR count). The summed E-state index contributed by atoms with van der Waals surface area (Å²) in [7, 11) is 0. The first kappa shape index (κ1) is 12.4. The van der Waals surface area contributed by atoms with Crippen molar-refractivity contribution in [2.45, 2.75) is 13.0 Å². The molecule has 0 aliphatic carbocycles. The molecule has 0 amide bonds. The lowest BCUT2D eigenvalue weighted by molar-refractivity contribution is 0.645. The van der Waals surface area contributed by atoms with Gasteiger partial charge in [-0.05, 0) is 35.7 Å². The van der Waals surface area contributed by atoms with Crippen molar-refractivity contribution in [1.82, 2.24) is 10.3 Å². The molecule has 1 aliphatic heterocycles. The van der Waals surface area contributed by atoms with Crippen LogP contribution >= 0.6 is 0 Å². The lowest BCUT2D eigenvalue weighted by Gasteiger charge is -2.21. The van der Waals surface area contributed by atoms with Crippen molar-refractivity contribution < 1.29 is 0 Å². The normalized spacial score (nSPS) is 14.1. The maximum Gasteiger partial charge on any atom is 0.0801 e. The summed E-state index contributed by atoms with van der Waals surface area (Å²) in [5, 5.41) is 4.46. The van der Waals surface area contributed by atoms with Crippen LogP contribution in [0.2, 0.25) is 0 Å². The van der Waals surface area contributed by atoms with Crippen LogP contribution in [0, 0.1) is 0 Å². The van der Waals surface area contributed by atoms with Gasteiger partial charge in [0, 0.05) is 29.4 Å². The molecule has 3 aromatic rings. The van der Waals surface area contributed by atoms with E-state index in [1.54, 1.807) is 6.20 Å². The van der Waals surface area contributed by atoms with Crippen molar-refractivity contribution in [2.75, 3.05) is 12.3 Å². The van der Waals surface area contributed by atoms with Crippen molar-refractivity contribution in [3.05, 3.63) is 59.8 Å². The van der Waals surface area contributed by atoms with Gasteiger partial charge in [0.2, 0.25) is 0 Å². The van der Waals surface area contributed by atoms with Gasteiger partial charge in [0.15, 0.2) is 0 Å². The summed E-state index contributed by atoms with van der Waals surface area (Å²) in [6, 6.07) is 14.6. The van der Waals surface area contributed by atoms with E-state index >= 15 is 0 Å². The summed E-state index contributed by atoms with van der Waals surface area (Å²) >= 11 is 0. The van der Waals surface area contributed by atoms with Gasteiger partial charge in [-0.2, -0.15) is 0 Å². The lowest BCUT2D eigenvalue weighted by Crippen LogP contribution is -2.24. The molecule has 0 saturated carbocycles. The molecule has 0 fully saturated rings. The number of nitrogens with one attached hydrogen (secondary N) is 1. The quantitative estimate of drug-likeness (QED) is 0.717. The number of rotatable bonds is 1. The minimum atomic E-state index is 0.785. The number of pyridine rings is 1. The minimum absolute atomic E-state index is 0.785. The maximum absolute atomic E-state index is 6.09. The van der Waals surface area contributed by atoms with Gasteiger partial charge >= 0.3 is 0 Å². The fourth-order valence-electron chi connectivity index (χ4n) is 3.20. The summed E-state index contributed by atoms with van der Waals surface area (Å²) in [5.41, 5.74) is 13.2. The van der Waals surface area contributed by atoms with Crippen molar-refractivity contribution in [3.8, 4) is 11.1 Å². The molecule has 0 spiro atoms. The largest absolute Gasteiger partial charge is 0.398 e. The van der Waals surface area contributed by atoms with E-state index in [4.69, 9.17) is 5.73 Å². The average molecular weight is 275 g/mol. The second-order valence-electron chi connectivity index (χ2n) is 5.47. The van der Waals surface area contributed by atoms with E-state index in [1.807, 2.05) is 12.1 Å². The Morgan fingerprint density at radius 2 is 1.86 bits per heavy atom. The van der Waals surface area contributed by atoms with Crippen molar-refractivity contribution >= 4 is 16.6 Å². The molecule has 0 radical (unpaired) electrons. The second-order valence-corrected chi connectivity index (χ2v) is 5.47. The predicted molar refractivity (Wildman–Crippen MR) is 87.0 cm³/mol. The third-order valence-corrected chi connectivity index (χ3v) is 4.24. The number of hydrogen-bond acceptors (Lipinski definition) is 3. The molecular weight excluding hydrogens is 258 g/mol. The molecule has 2 heterocycles. The average Bonchev–Trinajstić information content (AvgIpc) is 2.54. The number of nitrogens with zero attached hydrogens (tertiary/aromatic N) is 1. The van der Waals surface area contributed by atoms with Crippen LogP contribution in [0.25, 0.3) is 22.0 Å². The minimum Gasteiger partial charge on any atom is -0.398 e. The predicted octanol–water partition coefficient (Wildman–Crippen LogP) is 3.13. The van der Waals surface area contributed by atoms with Crippen molar-refractivity contribution in [1.29, 1.82) is 0 Å². The van der Waals surface area contributed by atoms with E-state index < -0.39 is 0 Å². The fraction of sp³-hybridized carbons (Fsp3) is 0.167. The van der Waals surface area contributed by atoms with Crippen LogP contribution in [0.1, 0.15) is 11.1 Å². The topological polar surface area (TPSA) is 50.9 Å². The van der Waals surface area contributed by atoms with Crippen LogP contribution in [0.3, 0.4) is 0 Å². The van der Waals surface area contributed by atoms with E-state index in [2.05, 4.69) is 40.6 Å². The number of anilines is 1. The van der Waals surface area contributed by atoms with Crippen LogP contribution in [0.5, 0.6) is 0 Å². The van der Waals surface area contributed by atoms with Gasteiger partial charge in [-0.25, -0.2) is 0 Å². The highest BCUT2D eigenvalue weighted by atomic mass is 14.9. The highest BCUT2D eigenvalue weighted by molar-refractivity contribution is 6.00. The van der Waals surface area contributed by atoms with Crippen LogP contribution in [-0.4, -0.2) is 11.5 Å². The Morgan fingerprint density at radius 3 is 2.81 bits per heavy atom. The Labute approximate surface area is 123 Å². The first-order valence-electron chi connectivity index (χ1n) is 7.29. The third-order valence-electron chi connectivity index (χ3n) is 4.24. The Kier molecular flexibility index (Phi) is 2.86. The Balaban J connectivity index is 2.02. The molecule has 0 unspecified atom stereocenters. The highest BCUT2D eigenvalue weighted by Gasteiger charge is 2.15. The molecule has 3 heteroatoms. The zero-order valence-corrected chi connectivity index (χ0v) is 11.8. The number of aromatic nitrogens is 1. The molecule has 3 nitrogen and oxygen atoms in total. The van der Waals surface area contributed by atoms with Gasteiger partial charge in [0.1, 0.15) is 0 Å². The zero-order valence-electron chi connectivity index (χ0n) is 11.8. The van der Waals surface area contributed by atoms with Crippen molar-refractivity contribution in [2.24, 2.45) is 0 Å². The van der Waals surface area contributed by atoms with Gasteiger partial charge in [-0.1, -0.05) is 36.4 Å². The van der Waals surface area contributed by atoms with E-state index in [0.29, 0.717) is 0 Å². The second kappa shape index (κ2) is 4.86. The van der Waals surface area contributed by atoms with Crippen LogP contribution < -0.4 is 11.1 Å². The molecule has 0 bridgehead atoms. The third kappa shape index (κ3) is 1.98. The molecule has 1 aliphatic rings. The standard InChI is InChI=1S/C18H17N3/c19-17-8-10-21-18-15(5-2-6-16(17)18)14-4-1-3-12-11-20-9-7-13(12)14/h1-6,8,10,20H,7,9,11H2,(H2,19,21). The van der Waals surface area contributed by atoms with Gasteiger partial charge in [0.25, 0.3) is 0 Å². The Morgan fingerprint density at radius 1 is 1.00 bits per heavy atom. The number of nitrogen functional groups attached to an aromatic ring is 1. The number of para-hydroxylation sites is 1. The van der Waals surface area contributed by atoms with Crippen LogP contribution in [-0.2, 0) is 13.0 Å². The van der Waals surface area contributed by atoms with Gasteiger partial charge < -0.3 is 11.1 Å². The fourth-order valence-corrected chi connectivity index (χ4v) is 3.20. The Hall–Kier alpha value is -2.39. The van der Waals surface area contributed by atoms with Crippen molar-refractivity contribution in [3.63, 3.8) is 0 Å². The van der Waals surface area contributed by atoms with E-state index in [-0.39, 0.29) is 0 Å². The van der Waals surface area contributed by atoms with Crippen LogP contribution in [0.4, 0.5) is 5.69 Å². The first-order chi connectivity index (χ1) is 10.3. The van der Waals surface area contributed by atoms with E-state index in [1.165, 1.54) is 22.3 Å². The molecule has 1 aromatic heterocycles. The SMILES string of the molecule is Nc1ccnc2c(-c3cccc4c3CCNC4)cccc12. The van der Waals surface area contributed by atoms with E-state index in [0.717, 1.165) is 36.1 Å². The maximum atomic E-state index is 6.09. The molecule has 2 aromatic carbocycles. The van der Waals surface area contributed by atoms with Gasteiger partial charge in [-0.3, -0.25) is 4.98 Å². The van der Waals surface area contributed by atoms with E-state index in [9.17, 15) is 0 Å². The smallest absolute Gasteiger partial charge is 0.0801 e. The molecule has 3 N–H and O–H groups in total. The number of fused-ring (bicyclic) bond motifs is 2. The number of nitrogens with two attached hydrogens (primary N) is 1. The monoisotopic (exact) mass is 275 g/mol. The lowest BCUT2D eigenvalue weighted by atomic mass is 9.90.